The number of hydrogen-bond donors (Lipinski definition) is 2. The molecule has 0 fully saturated rings. The fraction of sp³-hybridized carbons (Fsp3) is 0.235. The van der Waals surface area contributed by atoms with Crippen LogP contribution in [0, 0.1) is 0 Å². The highest BCUT2D eigenvalue weighted by Crippen LogP contribution is 2.30. The second-order valence-corrected chi connectivity index (χ2v) is 5.02. The minimum Gasteiger partial charge on any atom is -0.490 e. The van der Waals surface area contributed by atoms with E-state index >= 15 is 0 Å². The van der Waals surface area contributed by atoms with Crippen LogP contribution in [0.25, 0.3) is 11.1 Å². The van der Waals surface area contributed by atoms with E-state index in [-0.39, 0.29) is 6.10 Å². The van der Waals surface area contributed by atoms with Crippen molar-refractivity contribution in [2.24, 2.45) is 0 Å². The lowest BCUT2D eigenvalue weighted by Gasteiger charge is -2.14. The fourth-order valence-corrected chi connectivity index (χ4v) is 2.04. The second-order valence-electron chi connectivity index (χ2n) is 5.02. The Morgan fingerprint density at radius 1 is 1.14 bits per heavy atom. The van der Waals surface area contributed by atoms with Crippen molar-refractivity contribution in [1.82, 2.24) is 5.32 Å². The van der Waals surface area contributed by atoms with E-state index in [1.165, 1.54) is 0 Å². The first-order valence-electron chi connectivity index (χ1n) is 6.88. The van der Waals surface area contributed by atoms with Gasteiger partial charge in [-0.25, -0.2) is 4.79 Å². The SMILES string of the molecule is CC(C)Oc1ccccc1-c1ccc(CNC(=O)O)cc1. The Bertz CT molecular complexity index is 606. The highest BCUT2D eigenvalue weighted by molar-refractivity contribution is 5.70. The molecule has 4 nitrogen and oxygen atoms in total. The van der Waals surface area contributed by atoms with E-state index in [0.717, 1.165) is 22.4 Å². The van der Waals surface area contributed by atoms with Gasteiger partial charge in [-0.05, 0) is 31.0 Å². The largest absolute Gasteiger partial charge is 0.490 e. The summed E-state index contributed by atoms with van der Waals surface area (Å²) in [5, 5.41) is 11.0. The van der Waals surface area contributed by atoms with E-state index in [9.17, 15) is 4.79 Å². The molecule has 0 aliphatic rings. The van der Waals surface area contributed by atoms with Gasteiger partial charge in [0, 0.05) is 12.1 Å². The summed E-state index contributed by atoms with van der Waals surface area (Å²) in [6, 6.07) is 15.7. The van der Waals surface area contributed by atoms with Crippen LogP contribution in [0.2, 0.25) is 0 Å². The molecule has 0 atom stereocenters. The summed E-state index contributed by atoms with van der Waals surface area (Å²) in [6.45, 7) is 4.30. The van der Waals surface area contributed by atoms with Crippen LogP contribution in [0.4, 0.5) is 4.79 Å². The highest BCUT2D eigenvalue weighted by Gasteiger charge is 2.07. The molecular formula is C17H19NO3. The molecule has 21 heavy (non-hydrogen) atoms. The van der Waals surface area contributed by atoms with Crippen LogP contribution >= 0.6 is 0 Å². The van der Waals surface area contributed by atoms with Crippen LogP contribution in [0.15, 0.2) is 48.5 Å². The Kier molecular flexibility index (Phi) is 4.82. The Morgan fingerprint density at radius 3 is 2.43 bits per heavy atom. The monoisotopic (exact) mass is 285 g/mol. The van der Waals surface area contributed by atoms with Gasteiger partial charge < -0.3 is 15.2 Å². The van der Waals surface area contributed by atoms with Crippen LogP contribution in [0.5, 0.6) is 5.75 Å². The maximum absolute atomic E-state index is 10.5. The quantitative estimate of drug-likeness (QED) is 0.875. The zero-order chi connectivity index (χ0) is 15.2. The predicted molar refractivity (Wildman–Crippen MR) is 82.5 cm³/mol. The number of nitrogens with one attached hydrogen (secondary N) is 1. The molecule has 0 aliphatic heterocycles. The Balaban J connectivity index is 2.20. The maximum Gasteiger partial charge on any atom is 0.404 e. The number of carbonyl (C=O) groups is 1. The fourth-order valence-electron chi connectivity index (χ4n) is 2.04. The van der Waals surface area contributed by atoms with Gasteiger partial charge in [0.25, 0.3) is 0 Å². The molecule has 110 valence electrons. The summed E-state index contributed by atoms with van der Waals surface area (Å²) in [7, 11) is 0. The third kappa shape index (κ3) is 4.24. The van der Waals surface area contributed by atoms with Crippen molar-refractivity contribution in [3.05, 3.63) is 54.1 Å². The Hall–Kier alpha value is -2.49. The van der Waals surface area contributed by atoms with Gasteiger partial charge in [0.2, 0.25) is 0 Å². The third-order valence-electron chi connectivity index (χ3n) is 2.96. The van der Waals surface area contributed by atoms with Gasteiger partial charge in [-0.2, -0.15) is 0 Å². The molecule has 0 saturated heterocycles. The minimum absolute atomic E-state index is 0.116. The highest BCUT2D eigenvalue weighted by atomic mass is 16.5. The number of rotatable bonds is 5. The van der Waals surface area contributed by atoms with Crippen molar-refractivity contribution >= 4 is 6.09 Å². The molecule has 1 amide bonds. The molecule has 0 spiro atoms. The molecule has 0 bridgehead atoms. The van der Waals surface area contributed by atoms with E-state index in [0.29, 0.717) is 6.54 Å². The zero-order valence-electron chi connectivity index (χ0n) is 12.2. The van der Waals surface area contributed by atoms with Crippen LogP contribution in [-0.4, -0.2) is 17.3 Å². The first-order valence-corrected chi connectivity index (χ1v) is 6.88. The lowest BCUT2D eigenvalue weighted by atomic mass is 10.0. The molecule has 0 unspecified atom stereocenters. The van der Waals surface area contributed by atoms with Gasteiger partial charge in [-0.1, -0.05) is 42.5 Å². The smallest absolute Gasteiger partial charge is 0.404 e. The molecule has 0 saturated carbocycles. The predicted octanol–water partition coefficient (Wildman–Crippen LogP) is 3.91. The summed E-state index contributed by atoms with van der Waals surface area (Å²) in [5.74, 6) is 0.851. The van der Waals surface area contributed by atoms with Gasteiger partial charge >= 0.3 is 6.09 Å². The molecule has 0 radical (unpaired) electrons. The molecule has 2 N–H and O–H groups in total. The molecule has 2 rings (SSSR count). The molecule has 2 aromatic carbocycles. The number of hydrogen-bond acceptors (Lipinski definition) is 2. The summed E-state index contributed by atoms with van der Waals surface area (Å²) in [5.41, 5.74) is 3.00. The summed E-state index contributed by atoms with van der Waals surface area (Å²) >= 11 is 0. The van der Waals surface area contributed by atoms with Crippen molar-refractivity contribution in [2.45, 2.75) is 26.5 Å². The molecule has 4 heteroatoms. The van der Waals surface area contributed by atoms with E-state index in [1.54, 1.807) is 0 Å². The number of para-hydroxylation sites is 1. The lowest BCUT2D eigenvalue weighted by molar-refractivity contribution is 0.194. The summed E-state index contributed by atoms with van der Waals surface area (Å²) < 4.78 is 5.82. The van der Waals surface area contributed by atoms with Crippen LogP contribution in [-0.2, 0) is 6.54 Å². The molecule has 0 heterocycles. The Morgan fingerprint density at radius 2 is 1.81 bits per heavy atom. The first kappa shape index (κ1) is 14.9. The van der Waals surface area contributed by atoms with Crippen molar-refractivity contribution in [2.75, 3.05) is 0 Å². The van der Waals surface area contributed by atoms with Gasteiger partial charge in [0.15, 0.2) is 0 Å². The number of ether oxygens (including phenoxy) is 1. The van der Waals surface area contributed by atoms with Crippen LogP contribution in [0.3, 0.4) is 0 Å². The zero-order valence-corrected chi connectivity index (χ0v) is 12.2. The van der Waals surface area contributed by atoms with Crippen LogP contribution < -0.4 is 10.1 Å². The molecular weight excluding hydrogens is 266 g/mol. The van der Waals surface area contributed by atoms with E-state index in [4.69, 9.17) is 9.84 Å². The summed E-state index contributed by atoms with van der Waals surface area (Å²) in [4.78, 5) is 10.5. The number of carboxylic acid groups (broad SMARTS) is 1. The van der Waals surface area contributed by atoms with Crippen molar-refractivity contribution < 1.29 is 14.6 Å². The van der Waals surface area contributed by atoms with E-state index in [1.807, 2.05) is 62.4 Å². The van der Waals surface area contributed by atoms with E-state index < -0.39 is 6.09 Å². The van der Waals surface area contributed by atoms with Crippen molar-refractivity contribution in [3.63, 3.8) is 0 Å². The summed E-state index contributed by atoms with van der Waals surface area (Å²) in [6.07, 6.45) is -0.903. The first-order chi connectivity index (χ1) is 10.1. The minimum atomic E-state index is -1.02. The average molecular weight is 285 g/mol. The van der Waals surface area contributed by atoms with Gasteiger partial charge in [-0.3, -0.25) is 0 Å². The molecule has 2 aromatic rings. The topological polar surface area (TPSA) is 58.6 Å². The maximum atomic E-state index is 10.5. The normalized spacial score (nSPS) is 10.4. The average Bonchev–Trinajstić information content (AvgIpc) is 2.46. The Labute approximate surface area is 124 Å². The van der Waals surface area contributed by atoms with Gasteiger partial charge in [0.05, 0.1) is 6.10 Å². The van der Waals surface area contributed by atoms with Crippen LogP contribution in [0.1, 0.15) is 19.4 Å². The molecule has 0 aliphatic carbocycles. The number of benzene rings is 2. The van der Waals surface area contributed by atoms with Crippen molar-refractivity contribution in [3.8, 4) is 16.9 Å². The third-order valence-corrected chi connectivity index (χ3v) is 2.96. The van der Waals surface area contributed by atoms with E-state index in [2.05, 4.69) is 5.32 Å². The molecule has 0 aromatic heterocycles. The number of amides is 1. The van der Waals surface area contributed by atoms with Gasteiger partial charge in [0.1, 0.15) is 5.75 Å². The lowest BCUT2D eigenvalue weighted by Crippen LogP contribution is -2.19. The van der Waals surface area contributed by atoms with Crippen molar-refractivity contribution in [1.29, 1.82) is 0 Å². The standard InChI is InChI=1S/C17H19NO3/c1-12(2)21-16-6-4-3-5-15(16)14-9-7-13(8-10-14)11-18-17(19)20/h3-10,12,18H,11H2,1-2H3,(H,19,20). The van der Waals surface area contributed by atoms with Gasteiger partial charge in [-0.15, -0.1) is 0 Å². The second kappa shape index (κ2) is 6.79.